The molecule has 4 nitrogen and oxygen atoms in total. The van der Waals surface area contributed by atoms with Gasteiger partial charge in [-0.15, -0.1) is 0 Å². The number of rotatable bonds is 6. The topological polar surface area (TPSA) is 61.4 Å². The SMILES string of the molecule is O=C(O)/C=C/c1ccc(/C(=C(\c2ccccc2)C2CCC2)c2ccc3c(c2)C(F)NN3)cc1F. The van der Waals surface area contributed by atoms with Crippen molar-refractivity contribution in [3.05, 3.63) is 106 Å². The zero-order valence-electron chi connectivity index (χ0n) is 18.4. The molecule has 1 saturated carbocycles. The molecule has 0 amide bonds. The third-order valence-corrected chi connectivity index (χ3v) is 6.51. The summed E-state index contributed by atoms with van der Waals surface area (Å²) in [5, 5.41) is 8.89. The Bertz CT molecular complexity index is 1300. The lowest BCUT2D eigenvalue weighted by atomic mass is 9.73. The summed E-state index contributed by atoms with van der Waals surface area (Å²) < 4.78 is 29.6. The van der Waals surface area contributed by atoms with Gasteiger partial charge in [-0.25, -0.2) is 19.0 Å². The van der Waals surface area contributed by atoms with Crippen molar-refractivity contribution in [3.8, 4) is 0 Å². The first-order valence-electron chi connectivity index (χ1n) is 11.3. The Morgan fingerprint density at radius 1 is 0.971 bits per heavy atom. The van der Waals surface area contributed by atoms with Crippen LogP contribution in [0.5, 0.6) is 0 Å². The summed E-state index contributed by atoms with van der Waals surface area (Å²) in [4.78, 5) is 10.9. The molecule has 3 aromatic rings. The lowest BCUT2D eigenvalue weighted by molar-refractivity contribution is -0.131. The monoisotopic (exact) mass is 458 g/mol. The highest BCUT2D eigenvalue weighted by atomic mass is 19.1. The van der Waals surface area contributed by atoms with E-state index in [1.165, 1.54) is 12.1 Å². The van der Waals surface area contributed by atoms with Gasteiger partial charge in [0.25, 0.3) is 0 Å². The first-order chi connectivity index (χ1) is 16.5. The number of nitrogens with one attached hydrogen (secondary N) is 2. The lowest BCUT2D eigenvalue weighted by Gasteiger charge is -2.32. The Kier molecular flexibility index (Phi) is 5.99. The van der Waals surface area contributed by atoms with Gasteiger partial charge in [-0.2, -0.15) is 0 Å². The summed E-state index contributed by atoms with van der Waals surface area (Å²) in [5.41, 5.74) is 11.4. The first kappa shape index (κ1) is 22.0. The molecule has 1 unspecified atom stereocenters. The van der Waals surface area contributed by atoms with E-state index in [4.69, 9.17) is 5.11 Å². The molecule has 0 saturated heterocycles. The van der Waals surface area contributed by atoms with Gasteiger partial charge in [0.15, 0.2) is 6.30 Å². The van der Waals surface area contributed by atoms with Gasteiger partial charge >= 0.3 is 5.97 Å². The summed E-state index contributed by atoms with van der Waals surface area (Å²) in [6.07, 6.45) is 4.03. The molecule has 2 aliphatic rings. The fourth-order valence-electron chi connectivity index (χ4n) is 4.62. The molecule has 0 aromatic heterocycles. The highest BCUT2D eigenvalue weighted by molar-refractivity contribution is 6.00. The van der Waals surface area contributed by atoms with Crippen molar-refractivity contribution in [3.63, 3.8) is 0 Å². The number of allylic oxidation sites excluding steroid dienone is 1. The van der Waals surface area contributed by atoms with E-state index in [1.807, 2.05) is 36.4 Å². The number of carbonyl (C=O) groups is 1. The molecule has 0 radical (unpaired) electrons. The van der Waals surface area contributed by atoms with Crippen molar-refractivity contribution in [2.75, 3.05) is 5.43 Å². The van der Waals surface area contributed by atoms with Crippen molar-refractivity contribution >= 4 is 28.9 Å². The highest BCUT2D eigenvalue weighted by Gasteiger charge is 2.29. The van der Waals surface area contributed by atoms with Crippen LogP contribution in [0.4, 0.5) is 14.5 Å². The van der Waals surface area contributed by atoms with E-state index >= 15 is 4.39 Å². The molecule has 5 rings (SSSR count). The van der Waals surface area contributed by atoms with E-state index in [0.717, 1.165) is 47.6 Å². The molecule has 1 aliphatic carbocycles. The van der Waals surface area contributed by atoms with Gasteiger partial charge in [-0.05, 0) is 70.9 Å². The summed E-state index contributed by atoms with van der Waals surface area (Å²) in [6, 6.07) is 20.5. The fourth-order valence-corrected chi connectivity index (χ4v) is 4.62. The zero-order valence-corrected chi connectivity index (χ0v) is 18.4. The zero-order chi connectivity index (χ0) is 23.7. The Morgan fingerprint density at radius 3 is 2.38 bits per heavy atom. The number of anilines is 1. The van der Waals surface area contributed by atoms with E-state index in [2.05, 4.69) is 23.0 Å². The molecular weight excluding hydrogens is 434 g/mol. The number of halogens is 2. The van der Waals surface area contributed by atoms with Crippen LogP contribution in [0.1, 0.15) is 53.4 Å². The van der Waals surface area contributed by atoms with Crippen LogP contribution in [-0.4, -0.2) is 11.1 Å². The van der Waals surface area contributed by atoms with E-state index < -0.39 is 18.1 Å². The standard InChI is InChI=1S/C28H24F2N2O2/c29-23-16-21(10-9-17(23)12-14-25(33)34)27(20-11-13-24-22(15-20)28(30)32-31-24)26(19-7-4-8-19)18-5-2-1-3-6-18/h1-3,5-6,9-16,19,28,31-32H,4,7-8H2,(H,33,34)/b14-12+,27-26+. The van der Waals surface area contributed by atoms with Crippen molar-refractivity contribution in [1.29, 1.82) is 0 Å². The lowest BCUT2D eigenvalue weighted by Crippen LogP contribution is -2.15. The smallest absolute Gasteiger partial charge is 0.328 e. The van der Waals surface area contributed by atoms with Crippen LogP contribution >= 0.6 is 0 Å². The average molecular weight is 459 g/mol. The Morgan fingerprint density at radius 2 is 1.71 bits per heavy atom. The second kappa shape index (κ2) is 9.23. The third-order valence-electron chi connectivity index (χ3n) is 6.51. The van der Waals surface area contributed by atoms with Crippen LogP contribution in [0, 0.1) is 11.7 Å². The molecule has 1 heterocycles. The van der Waals surface area contributed by atoms with E-state index in [0.29, 0.717) is 22.7 Å². The van der Waals surface area contributed by atoms with Gasteiger partial charge in [0, 0.05) is 17.2 Å². The predicted molar refractivity (Wildman–Crippen MR) is 130 cm³/mol. The molecule has 3 N–H and O–H groups in total. The fraction of sp³-hybridized carbons (Fsp3) is 0.179. The van der Waals surface area contributed by atoms with Crippen LogP contribution in [0.2, 0.25) is 0 Å². The molecule has 1 fully saturated rings. The summed E-state index contributed by atoms with van der Waals surface area (Å²) >= 11 is 0. The van der Waals surface area contributed by atoms with E-state index in [1.54, 1.807) is 12.1 Å². The molecule has 6 heteroatoms. The Labute approximate surface area is 196 Å². The molecule has 34 heavy (non-hydrogen) atoms. The van der Waals surface area contributed by atoms with E-state index in [-0.39, 0.29) is 5.56 Å². The predicted octanol–water partition coefficient (Wildman–Crippen LogP) is 6.58. The van der Waals surface area contributed by atoms with Crippen LogP contribution in [-0.2, 0) is 4.79 Å². The average Bonchev–Trinajstić information content (AvgIpc) is 3.17. The van der Waals surface area contributed by atoms with Crippen molar-refractivity contribution in [2.24, 2.45) is 5.92 Å². The van der Waals surface area contributed by atoms with Gasteiger partial charge in [-0.1, -0.05) is 55.0 Å². The van der Waals surface area contributed by atoms with Crippen molar-refractivity contribution in [1.82, 2.24) is 5.43 Å². The number of carboxylic acids is 1. The van der Waals surface area contributed by atoms with Gasteiger partial charge < -0.3 is 10.5 Å². The molecule has 0 bridgehead atoms. The quantitative estimate of drug-likeness (QED) is 0.222. The Balaban J connectivity index is 1.73. The summed E-state index contributed by atoms with van der Waals surface area (Å²) in [6.45, 7) is 0. The maximum atomic E-state index is 15.1. The van der Waals surface area contributed by atoms with E-state index in [9.17, 15) is 9.18 Å². The van der Waals surface area contributed by atoms with Crippen LogP contribution in [0.15, 0.2) is 72.8 Å². The summed E-state index contributed by atoms with van der Waals surface area (Å²) in [7, 11) is 0. The maximum Gasteiger partial charge on any atom is 0.328 e. The molecule has 0 spiro atoms. The summed E-state index contributed by atoms with van der Waals surface area (Å²) in [5.74, 6) is -1.33. The number of benzene rings is 3. The molecular formula is C28H24F2N2O2. The normalized spacial score (nSPS) is 18.2. The van der Waals surface area contributed by atoms with Crippen molar-refractivity contribution in [2.45, 2.75) is 25.6 Å². The second-order valence-corrected chi connectivity index (χ2v) is 8.62. The van der Waals surface area contributed by atoms with Gasteiger partial charge in [0.1, 0.15) is 5.82 Å². The minimum absolute atomic E-state index is 0.196. The van der Waals surface area contributed by atoms with Gasteiger partial charge in [-0.3, -0.25) is 0 Å². The minimum atomic E-state index is -1.33. The van der Waals surface area contributed by atoms with Crippen molar-refractivity contribution < 1.29 is 18.7 Å². The first-order valence-corrected chi connectivity index (χ1v) is 11.3. The number of aliphatic carboxylic acids is 1. The molecule has 1 atom stereocenters. The second-order valence-electron chi connectivity index (χ2n) is 8.62. The maximum absolute atomic E-state index is 15.1. The third kappa shape index (κ3) is 4.24. The molecule has 1 aliphatic heterocycles. The van der Waals surface area contributed by atoms with Crippen LogP contribution in [0.25, 0.3) is 17.2 Å². The van der Waals surface area contributed by atoms with Gasteiger partial charge in [0.05, 0.1) is 5.69 Å². The molecule has 172 valence electrons. The highest BCUT2D eigenvalue weighted by Crippen LogP contribution is 2.46. The Hall–Kier alpha value is -3.77. The minimum Gasteiger partial charge on any atom is -0.478 e. The van der Waals surface area contributed by atoms with Crippen LogP contribution in [0.3, 0.4) is 0 Å². The molecule has 3 aromatic carbocycles. The largest absolute Gasteiger partial charge is 0.478 e. The number of carboxylic acid groups (broad SMARTS) is 1. The number of hydrogen-bond acceptors (Lipinski definition) is 3. The van der Waals surface area contributed by atoms with Crippen LogP contribution < -0.4 is 10.9 Å². The van der Waals surface area contributed by atoms with Gasteiger partial charge in [0.2, 0.25) is 0 Å². The number of fused-ring (bicyclic) bond motifs is 1. The number of hydrogen-bond donors (Lipinski definition) is 3. The number of alkyl halides is 1. The number of hydrazine groups is 1.